The normalized spacial score (nSPS) is 16.1. The number of anilines is 1. The Hall–Kier alpha value is -3.68. The highest BCUT2D eigenvalue weighted by Gasteiger charge is 2.33. The van der Waals surface area contributed by atoms with Crippen LogP contribution >= 0.6 is 0 Å². The fourth-order valence-electron chi connectivity index (χ4n) is 2.90. The average molecular weight is 394 g/mol. The van der Waals surface area contributed by atoms with Crippen molar-refractivity contribution in [1.29, 1.82) is 0 Å². The summed E-state index contributed by atoms with van der Waals surface area (Å²) in [5.74, 6) is -0.00514. The zero-order valence-corrected chi connectivity index (χ0v) is 16.5. The molecule has 1 atom stereocenters. The third-order valence-electron chi connectivity index (χ3n) is 4.41. The quantitative estimate of drug-likeness (QED) is 0.576. The monoisotopic (exact) mass is 394 g/mol. The number of carbonyl (C=O) groups is 2. The van der Waals surface area contributed by atoms with E-state index in [-0.39, 0.29) is 18.2 Å². The number of nitrogens with zero attached hydrogens (tertiary/aromatic N) is 3. The molecular weight excluding hydrogens is 372 g/mol. The number of hydrogen-bond acceptors (Lipinski definition) is 6. The van der Waals surface area contributed by atoms with Crippen molar-refractivity contribution in [2.45, 2.75) is 13.3 Å². The summed E-state index contributed by atoms with van der Waals surface area (Å²) in [6.07, 6.45) is 1.51. The first-order chi connectivity index (χ1) is 14.0. The molecule has 2 aromatic rings. The van der Waals surface area contributed by atoms with E-state index in [0.29, 0.717) is 22.9 Å². The number of methoxy groups -OCH3 is 2. The molecule has 1 aliphatic heterocycles. The smallest absolute Gasteiger partial charge is 0.261 e. The Morgan fingerprint density at radius 1 is 1.17 bits per heavy atom. The molecule has 0 saturated carbocycles. The van der Waals surface area contributed by atoms with Crippen molar-refractivity contribution in [3.8, 4) is 11.5 Å². The van der Waals surface area contributed by atoms with Gasteiger partial charge in [-0.25, -0.2) is 5.43 Å². The van der Waals surface area contributed by atoms with E-state index in [1.807, 2.05) is 18.2 Å². The van der Waals surface area contributed by atoms with Crippen LogP contribution < -0.4 is 19.9 Å². The number of nitrogens with one attached hydrogen (secondary N) is 1. The third kappa shape index (κ3) is 4.60. The number of amides is 2. The first kappa shape index (κ1) is 20.1. The first-order valence-electron chi connectivity index (χ1n) is 9.00. The van der Waals surface area contributed by atoms with Crippen molar-refractivity contribution in [1.82, 2.24) is 5.43 Å². The summed E-state index contributed by atoms with van der Waals surface area (Å²) in [5, 5.41) is 9.58. The molecule has 1 aliphatic rings. The van der Waals surface area contributed by atoms with E-state index in [2.05, 4.69) is 15.6 Å². The Bertz CT molecular complexity index is 956. The summed E-state index contributed by atoms with van der Waals surface area (Å²) >= 11 is 0. The molecule has 8 heteroatoms. The van der Waals surface area contributed by atoms with Gasteiger partial charge in [0.25, 0.3) is 5.91 Å². The van der Waals surface area contributed by atoms with Gasteiger partial charge in [0.15, 0.2) is 11.5 Å². The molecule has 0 fully saturated rings. The van der Waals surface area contributed by atoms with Gasteiger partial charge in [-0.1, -0.05) is 24.3 Å². The van der Waals surface area contributed by atoms with Gasteiger partial charge in [-0.05, 0) is 36.8 Å². The lowest BCUT2D eigenvalue weighted by atomic mass is 10.1. The highest BCUT2D eigenvalue weighted by molar-refractivity contribution is 6.23. The van der Waals surface area contributed by atoms with Crippen LogP contribution in [0, 0.1) is 5.92 Å². The number of carbonyl (C=O) groups excluding carboxylic acids is 2. The van der Waals surface area contributed by atoms with Gasteiger partial charge < -0.3 is 9.47 Å². The molecule has 8 nitrogen and oxygen atoms in total. The molecule has 0 unspecified atom stereocenters. The van der Waals surface area contributed by atoms with Crippen LogP contribution in [0.5, 0.6) is 11.5 Å². The van der Waals surface area contributed by atoms with Gasteiger partial charge in [0, 0.05) is 6.21 Å². The Balaban J connectivity index is 1.59. The molecule has 1 heterocycles. The number of benzene rings is 2. The number of ether oxygens (including phenoxy) is 2. The number of hydrazone groups is 2. The number of para-hydroxylation sites is 1. The molecule has 2 amide bonds. The molecule has 3 rings (SSSR count). The van der Waals surface area contributed by atoms with E-state index in [0.717, 1.165) is 5.56 Å². The summed E-state index contributed by atoms with van der Waals surface area (Å²) in [4.78, 5) is 24.8. The van der Waals surface area contributed by atoms with Crippen LogP contribution in [0.15, 0.2) is 58.7 Å². The second kappa shape index (κ2) is 9.01. The van der Waals surface area contributed by atoms with Crippen molar-refractivity contribution in [3.05, 3.63) is 54.1 Å². The largest absolute Gasteiger partial charge is 0.493 e. The molecule has 0 saturated heterocycles. The van der Waals surface area contributed by atoms with Crippen LogP contribution in [0.2, 0.25) is 0 Å². The number of rotatable bonds is 7. The fourth-order valence-corrected chi connectivity index (χ4v) is 2.90. The van der Waals surface area contributed by atoms with Gasteiger partial charge in [-0.2, -0.15) is 15.2 Å². The third-order valence-corrected chi connectivity index (χ3v) is 4.41. The first-order valence-corrected chi connectivity index (χ1v) is 9.00. The molecular formula is C21H22N4O4. The minimum Gasteiger partial charge on any atom is -0.493 e. The van der Waals surface area contributed by atoms with Crippen LogP contribution in [-0.4, -0.2) is 38.0 Å². The van der Waals surface area contributed by atoms with Crippen molar-refractivity contribution in [2.75, 3.05) is 19.2 Å². The number of hydrogen-bond donors (Lipinski definition) is 1. The second-order valence-electron chi connectivity index (χ2n) is 6.38. The van der Waals surface area contributed by atoms with Gasteiger partial charge >= 0.3 is 0 Å². The second-order valence-corrected chi connectivity index (χ2v) is 6.38. The minimum atomic E-state index is -0.614. The lowest BCUT2D eigenvalue weighted by Gasteiger charge is -2.12. The summed E-state index contributed by atoms with van der Waals surface area (Å²) in [5.41, 5.74) is 4.50. The van der Waals surface area contributed by atoms with Crippen molar-refractivity contribution < 1.29 is 19.1 Å². The van der Waals surface area contributed by atoms with Crippen LogP contribution in [0.25, 0.3) is 0 Å². The van der Waals surface area contributed by atoms with E-state index in [9.17, 15) is 9.59 Å². The van der Waals surface area contributed by atoms with Gasteiger partial charge in [0.1, 0.15) is 5.92 Å². The van der Waals surface area contributed by atoms with Crippen LogP contribution in [0.3, 0.4) is 0 Å². The minimum absolute atomic E-state index is 0.111. The van der Waals surface area contributed by atoms with Crippen molar-refractivity contribution in [3.63, 3.8) is 0 Å². The lowest BCUT2D eigenvalue weighted by molar-refractivity contribution is -0.120. The zero-order valence-electron chi connectivity index (χ0n) is 16.5. The molecule has 150 valence electrons. The maximum atomic E-state index is 12.6. The van der Waals surface area contributed by atoms with E-state index < -0.39 is 5.92 Å². The van der Waals surface area contributed by atoms with Crippen molar-refractivity contribution >= 4 is 29.4 Å². The lowest BCUT2D eigenvalue weighted by Crippen LogP contribution is -2.29. The van der Waals surface area contributed by atoms with Crippen LogP contribution in [-0.2, 0) is 16.0 Å². The molecule has 1 N–H and O–H groups in total. The molecule has 0 spiro atoms. The predicted octanol–water partition coefficient (Wildman–Crippen LogP) is 2.39. The van der Waals surface area contributed by atoms with Gasteiger partial charge in [0.2, 0.25) is 5.91 Å². The molecule has 29 heavy (non-hydrogen) atoms. The Labute approximate surface area is 168 Å². The van der Waals surface area contributed by atoms with Crippen LogP contribution in [0.4, 0.5) is 5.69 Å². The molecule has 2 aromatic carbocycles. The Morgan fingerprint density at radius 2 is 1.90 bits per heavy atom. The SMILES string of the molecule is COc1ccc(CC(=O)N/N=C\[C@H]2C(=O)N(c3ccccc3)N=C2C)cc1OC. The van der Waals surface area contributed by atoms with Crippen molar-refractivity contribution in [2.24, 2.45) is 16.1 Å². The molecule has 0 aromatic heterocycles. The summed E-state index contributed by atoms with van der Waals surface area (Å²) in [6, 6.07) is 14.4. The summed E-state index contributed by atoms with van der Waals surface area (Å²) in [7, 11) is 3.08. The van der Waals surface area contributed by atoms with E-state index in [1.165, 1.54) is 18.3 Å². The average Bonchev–Trinajstić information content (AvgIpc) is 3.02. The fraction of sp³-hybridized carbons (Fsp3) is 0.238. The highest BCUT2D eigenvalue weighted by atomic mass is 16.5. The summed E-state index contributed by atoms with van der Waals surface area (Å²) < 4.78 is 10.4. The zero-order chi connectivity index (χ0) is 20.8. The molecule has 0 radical (unpaired) electrons. The van der Waals surface area contributed by atoms with E-state index in [4.69, 9.17) is 9.47 Å². The Morgan fingerprint density at radius 3 is 2.59 bits per heavy atom. The van der Waals surface area contributed by atoms with E-state index in [1.54, 1.807) is 44.4 Å². The van der Waals surface area contributed by atoms with E-state index >= 15 is 0 Å². The maximum absolute atomic E-state index is 12.6. The standard InChI is InChI=1S/C21H22N4O4/c1-14-17(21(27)25(24-14)16-7-5-4-6-8-16)13-22-23-20(26)12-15-9-10-18(28-2)19(11-15)29-3/h4-11,13,17H,12H2,1-3H3,(H,23,26)/b22-13-/t17-/m1/s1. The summed E-state index contributed by atoms with van der Waals surface area (Å²) in [6.45, 7) is 1.75. The topological polar surface area (TPSA) is 92.6 Å². The predicted molar refractivity (Wildman–Crippen MR) is 110 cm³/mol. The molecule has 0 aliphatic carbocycles. The Kier molecular flexibility index (Phi) is 6.23. The maximum Gasteiger partial charge on any atom is 0.261 e. The van der Waals surface area contributed by atoms with Crippen LogP contribution in [0.1, 0.15) is 12.5 Å². The van der Waals surface area contributed by atoms with Gasteiger partial charge in [0.05, 0.1) is 32.0 Å². The molecule has 0 bridgehead atoms. The van der Waals surface area contributed by atoms with Gasteiger partial charge in [-0.15, -0.1) is 0 Å². The highest BCUT2D eigenvalue weighted by Crippen LogP contribution is 2.27. The van der Waals surface area contributed by atoms with Gasteiger partial charge in [-0.3, -0.25) is 9.59 Å².